The van der Waals surface area contributed by atoms with Crippen LogP contribution in [0.3, 0.4) is 0 Å². The molecule has 1 saturated heterocycles. The van der Waals surface area contributed by atoms with E-state index >= 15 is 0 Å². The summed E-state index contributed by atoms with van der Waals surface area (Å²) in [5.41, 5.74) is 5.46. The summed E-state index contributed by atoms with van der Waals surface area (Å²) in [7, 11) is 1.70. The lowest BCUT2D eigenvalue weighted by Crippen LogP contribution is -2.49. The van der Waals surface area contributed by atoms with Crippen LogP contribution in [0.15, 0.2) is 0 Å². The first kappa shape index (κ1) is 13.4. The fraction of sp³-hybridized carbons (Fsp3) is 0.818. The highest BCUT2D eigenvalue weighted by molar-refractivity contribution is 7.80. The van der Waals surface area contributed by atoms with Crippen molar-refractivity contribution in [3.05, 3.63) is 0 Å². The van der Waals surface area contributed by atoms with Crippen molar-refractivity contribution in [2.45, 2.75) is 38.1 Å². The van der Waals surface area contributed by atoms with Crippen molar-refractivity contribution in [2.75, 3.05) is 20.1 Å². The van der Waals surface area contributed by atoms with Gasteiger partial charge in [-0.15, -0.1) is 0 Å². The Morgan fingerprint density at radius 3 is 2.94 bits per heavy atom. The van der Waals surface area contributed by atoms with E-state index in [0.29, 0.717) is 4.99 Å². The topological polar surface area (TPSA) is 58.4 Å². The van der Waals surface area contributed by atoms with Crippen LogP contribution in [0, 0.1) is 0 Å². The highest BCUT2D eigenvalue weighted by Crippen LogP contribution is 2.17. The maximum atomic E-state index is 11.7. The second kappa shape index (κ2) is 6.81. The third-order valence-corrected chi connectivity index (χ3v) is 3.24. The van der Waals surface area contributed by atoms with Gasteiger partial charge in [0.15, 0.2) is 0 Å². The minimum atomic E-state index is 0.0464. The van der Waals surface area contributed by atoms with Crippen molar-refractivity contribution >= 4 is 23.1 Å². The summed E-state index contributed by atoms with van der Waals surface area (Å²) < 4.78 is 0. The van der Waals surface area contributed by atoms with Gasteiger partial charge in [-0.3, -0.25) is 9.69 Å². The first-order chi connectivity index (χ1) is 7.65. The first-order valence-corrected chi connectivity index (χ1v) is 6.30. The first-order valence-electron chi connectivity index (χ1n) is 5.89. The minimum absolute atomic E-state index is 0.0464. The fourth-order valence-corrected chi connectivity index (χ4v) is 2.32. The molecule has 0 spiro atoms. The van der Waals surface area contributed by atoms with Crippen LogP contribution < -0.4 is 11.1 Å². The average molecular weight is 243 g/mol. The van der Waals surface area contributed by atoms with Gasteiger partial charge in [-0.1, -0.05) is 18.6 Å². The number of nitrogens with two attached hydrogens (primary N) is 1. The number of rotatable bonds is 5. The number of carbonyl (C=O) groups excluding carboxylic acids is 1. The van der Waals surface area contributed by atoms with Gasteiger partial charge < -0.3 is 11.1 Å². The molecule has 1 aliphatic rings. The van der Waals surface area contributed by atoms with Gasteiger partial charge in [0.05, 0.1) is 11.0 Å². The molecule has 0 bridgehead atoms. The number of nitrogens with one attached hydrogen (secondary N) is 1. The Morgan fingerprint density at radius 2 is 2.31 bits per heavy atom. The normalized spacial score (nSPS) is 21.7. The molecule has 1 heterocycles. The molecule has 1 amide bonds. The molecule has 3 N–H and O–H groups in total. The van der Waals surface area contributed by atoms with Crippen molar-refractivity contribution in [3.63, 3.8) is 0 Å². The standard InChI is InChI=1S/C11H21N3OS/c1-13-11(15)9-5-2-3-7-14(9)8-4-6-10(12)16/h9H,2-8H2,1H3,(H2,12,16)(H,13,15). The van der Waals surface area contributed by atoms with Gasteiger partial charge >= 0.3 is 0 Å². The zero-order valence-electron chi connectivity index (χ0n) is 9.87. The van der Waals surface area contributed by atoms with Crippen molar-refractivity contribution in [1.29, 1.82) is 0 Å². The van der Waals surface area contributed by atoms with Crippen LogP contribution >= 0.6 is 12.2 Å². The molecule has 4 nitrogen and oxygen atoms in total. The average Bonchev–Trinajstić information content (AvgIpc) is 2.28. The third-order valence-electron chi connectivity index (χ3n) is 3.03. The molecule has 1 rings (SSSR count). The molecular formula is C11H21N3OS. The molecule has 0 saturated carbocycles. The van der Waals surface area contributed by atoms with E-state index in [2.05, 4.69) is 10.2 Å². The van der Waals surface area contributed by atoms with Gasteiger partial charge in [0.1, 0.15) is 0 Å². The number of amides is 1. The highest BCUT2D eigenvalue weighted by atomic mass is 32.1. The van der Waals surface area contributed by atoms with Crippen LogP contribution in [-0.4, -0.2) is 42.0 Å². The lowest BCUT2D eigenvalue weighted by molar-refractivity contribution is -0.127. The number of nitrogens with zero attached hydrogens (tertiary/aromatic N) is 1. The number of thiocarbonyl (C=S) groups is 1. The van der Waals surface area contributed by atoms with E-state index in [9.17, 15) is 4.79 Å². The van der Waals surface area contributed by atoms with Crippen LogP contribution in [0.5, 0.6) is 0 Å². The number of piperidine rings is 1. The smallest absolute Gasteiger partial charge is 0.237 e. The lowest BCUT2D eigenvalue weighted by Gasteiger charge is -2.34. The van der Waals surface area contributed by atoms with E-state index in [1.807, 2.05) is 0 Å². The highest BCUT2D eigenvalue weighted by Gasteiger charge is 2.27. The molecule has 0 radical (unpaired) electrons. The summed E-state index contributed by atoms with van der Waals surface area (Å²) in [6.07, 6.45) is 5.01. The maximum Gasteiger partial charge on any atom is 0.237 e. The van der Waals surface area contributed by atoms with E-state index < -0.39 is 0 Å². The van der Waals surface area contributed by atoms with E-state index in [4.69, 9.17) is 18.0 Å². The quantitative estimate of drug-likeness (QED) is 0.696. The zero-order valence-corrected chi connectivity index (χ0v) is 10.7. The Hall–Kier alpha value is -0.680. The SMILES string of the molecule is CNC(=O)C1CCCCN1CCCC(N)=S. The van der Waals surface area contributed by atoms with Gasteiger partial charge in [-0.25, -0.2) is 0 Å². The Balaban J connectivity index is 2.40. The Bertz CT molecular complexity index is 258. The van der Waals surface area contributed by atoms with Gasteiger partial charge in [0, 0.05) is 7.05 Å². The fourth-order valence-electron chi connectivity index (χ4n) is 2.18. The number of hydrogen-bond donors (Lipinski definition) is 2. The summed E-state index contributed by atoms with van der Waals surface area (Å²) in [5, 5.41) is 2.73. The molecule has 0 aromatic heterocycles. The Labute approximate surface area is 103 Å². The third kappa shape index (κ3) is 4.06. The van der Waals surface area contributed by atoms with Crippen molar-refractivity contribution in [1.82, 2.24) is 10.2 Å². The molecule has 92 valence electrons. The van der Waals surface area contributed by atoms with Crippen LogP contribution in [0.1, 0.15) is 32.1 Å². The van der Waals surface area contributed by atoms with Crippen LogP contribution in [0.4, 0.5) is 0 Å². The molecule has 0 aliphatic carbocycles. The summed E-state index contributed by atoms with van der Waals surface area (Å²) in [6, 6.07) is 0.0464. The van der Waals surface area contributed by atoms with Crippen molar-refractivity contribution in [3.8, 4) is 0 Å². The van der Waals surface area contributed by atoms with E-state index in [-0.39, 0.29) is 11.9 Å². The number of hydrogen-bond acceptors (Lipinski definition) is 3. The molecule has 0 aromatic carbocycles. The number of likely N-dealkylation sites (tertiary alicyclic amines) is 1. The lowest BCUT2D eigenvalue weighted by atomic mass is 10.0. The van der Waals surface area contributed by atoms with E-state index in [1.54, 1.807) is 7.05 Å². The van der Waals surface area contributed by atoms with Crippen molar-refractivity contribution in [2.24, 2.45) is 5.73 Å². The molecule has 1 unspecified atom stereocenters. The molecule has 16 heavy (non-hydrogen) atoms. The molecule has 5 heteroatoms. The molecule has 1 fully saturated rings. The summed E-state index contributed by atoms with van der Waals surface area (Å²) in [4.78, 5) is 14.5. The molecule has 1 atom stereocenters. The van der Waals surface area contributed by atoms with Crippen molar-refractivity contribution < 1.29 is 4.79 Å². The maximum absolute atomic E-state index is 11.7. The van der Waals surface area contributed by atoms with Gasteiger partial charge in [0.2, 0.25) is 5.91 Å². The van der Waals surface area contributed by atoms with Gasteiger partial charge in [-0.2, -0.15) is 0 Å². The predicted octanol–water partition coefficient (Wildman–Crippen LogP) is 0.653. The summed E-state index contributed by atoms with van der Waals surface area (Å²) >= 11 is 4.85. The van der Waals surface area contributed by atoms with Crippen LogP contribution in [-0.2, 0) is 4.79 Å². The van der Waals surface area contributed by atoms with Crippen LogP contribution in [0.2, 0.25) is 0 Å². The van der Waals surface area contributed by atoms with Gasteiger partial charge in [0.25, 0.3) is 0 Å². The minimum Gasteiger partial charge on any atom is -0.393 e. The molecular weight excluding hydrogens is 222 g/mol. The van der Waals surface area contributed by atoms with E-state index in [0.717, 1.165) is 38.8 Å². The molecule has 1 aliphatic heterocycles. The van der Waals surface area contributed by atoms with Gasteiger partial charge in [-0.05, 0) is 38.8 Å². The summed E-state index contributed by atoms with van der Waals surface area (Å²) in [6.45, 7) is 1.92. The Kier molecular flexibility index (Phi) is 5.69. The second-order valence-electron chi connectivity index (χ2n) is 4.23. The number of likely N-dealkylation sites (N-methyl/N-ethyl adjacent to an activating group) is 1. The summed E-state index contributed by atoms with van der Waals surface area (Å²) in [5.74, 6) is 0.134. The molecule has 0 aromatic rings. The largest absolute Gasteiger partial charge is 0.393 e. The van der Waals surface area contributed by atoms with Crippen LogP contribution in [0.25, 0.3) is 0 Å². The second-order valence-corrected chi connectivity index (χ2v) is 4.76. The predicted molar refractivity (Wildman–Crippen MR) is 69.3 cm³/mol. The monoisotopic (exact) mass is 243 g/mol. The zero-order chi connectivity index (χ0) is 12.0. The Morgan fingerprint density at radius 1 is 1.56 bits per heavy atom. The van der Waals surface area contributed by atoms with E-state index in [1.165, 1.54) is 6.42 Å². The number of carbonyl (C=O) groups is 1.